The topological polar surface area (TPSA) is 122 Å². The maximum Gasteiger partial charge on any atom is 0.379 e. The molecule has 1 atom stereocenters. The fourth-order valence-electron chi connectivity index (χ4n) is 2.18. The Morgan fingerprint density at radius 3 is 2.81 bits per heavy atom. The molecule has 0 fully saturated rings. The van der Waals surface area contributed by atoms with Gasteiger partial charge in [-0.2, -0.15) is 10.2 Å². The van der Waals surface area contributed by atoms with Crippen LogP contribution in [0.15, 0.2) is 36.5 Å². The molecule has 0 aliphatic rings. The Kier molecular flexibility index (Phi) is 4.57. The average Bonchev–Trinajstić information content (AvgIpc) is 3.08. The molecular weight excluding hydrogens is 336 g/mol. The Balaban J connectivity index is 1.71. The number of nitrogens with one attached hydrogen (secondary N) is 1. The smallest absolute Gasteiger partial charge is 0.379 e. The predicted molar refractivity (Wildman–Crippen MR) is 90.2 cm³/mol. The van der Waals surface area contributed by atoms with E-state index in [1.54, 1.807) is 43.5 Å². The van der Waals surface area contributed by atoms with E-state index in [2.05, 4.69) is 20.4 Å². The molecule has 130 valence electrons. The molecule has 26 heavy (non-hydrogen) atoms. The number of nitriles is 1. The van der Waals surface area contributed by atoms with E-state index in [9.17, 15) is 9.59 Å². The number of carbonyl (C=O) groups excluding carboxylic acids is 2. The number of ether oxygens (including phenoxy) is 1. The van der Waals surface area contributed by atoms with Crippen molar-refractivity contribution in [3.8, 4) is 6.07 Å². The van der Waals surface area contributed by atoms with Gasteiger partial charge in [-0.1, -0.05) is 12.1 Å². The van der Waals surface area contributed by atoms with Gasteiger partial charge in [-0.15, -0.1) is 5.10 Å². The van der Waals surface area contributed by atoms with Crippen LogP contribution >= 0.6 is 0 Å². The van der Waals surface area contributed by atoms with Gasteiger partial charge in [-0.3, -0.25) is 4.79 Å². The van der Waals surface area contributed by atoms with Crippen LogP contribution in [0.3, 0.4) is 0 Å². The van der Waals surface area contributed by atoms with Crippen LogP contribution in [0.4, 0.5) is 5.69 Å². The molecule has 1 aromatic carbocycles. The van der Waals surface area contributed by atoms with Crippen LogP contribution in [0.5, 0.6) is 0 Å². The molecule has 0 saturated carbocycles. The molecule has 2 aromatic heterocycles. The largest absolute Gasteiger partial charge is 0.447 e. The third kappa shape index (κ3) is 3.34. The van der Waals surface area contributed by atoms with Crippen LogP contribution in [0.25, 0.3) is 5.78 Å². The molecule has 9 heteroatoms. The lowest BCUT2D eigenvalue weighted by Gasteiger charge is -2.13. The summed E-state index contributed by atoms with van der Waals surface area (Å²) in [5.74, 6) is -1.34. The highest BCUT2D eigenvalue weighted by Gasteiger charge is 2.23. The Morgan fingerprint density at radius 1 is 1.31 bits per heavy atom. The second-order valence-corrected chi connectivity index (χ2v) is 5.43. The first-order chi connectivity index (χ1) is 12.5. The van der Waals surface area contributed by atoms with Gasteiger partial charge in [0.2, 0.25) is 0 Å². The fraction of sp³-hybridized carbons (Fsp3) is 0.176. The first-order valence-corrected chi connectivity index (χ1v) is 7.69. The van der Waals surface area contributed by atoms with Gasteiger partial charge >= 0.3 is 5.97 Å². The highest BCUT2D eigenvalue weighted by atomic mass is 16.5. The van der Waals surface area contributed by atoms with Crippen LogP contribution < -0.4 is 5.32 Å². The number of aryl methyl sites for hydroxylation is 1. The third-order valence-electron chi connectivity index (χ3n) is 3.57. The molecule has 0 radical (unpaired) electrons. The molecule has 0 unspecified atom stereocenters. The molecule has 3 aromatic rings. The van der Waals surface area contributed by atoms with Gasteiger partial charge in [0.25, 0.3) is 17.5 Å². The van der Waals surface area contributed by atoms with Crippen molar-refractivity contribution in [3.05, 3.63) is 53.6 Å². The minimum Gasteiger partial charge on any atom is -0.447 e. The Bertz CT molecular complexity index is 1040. The molecule has 1 amide bonds. The van der Waals surface area contributed by atoms with E-state index in [4.69, 9.17) is 10.00 Å². The van der Waals surface area contributed by atoms with Crippen LogP contribution in [-0.2, 0) is 9.53 Å². The van der Waals surface area contributed by atoms with Crippen LogP contribution in [0.1, 0.15) is 28.8 Å². The van der Waals surface area contributed by atoms with Crippen molar-refractivity contribution in [2.45, 2.75) is 20.0 Å². The number of esters is 1. The van der Waals surface area contributed by atoms with Gasteiger partial charge < -0.3 is 10.1 Å². The SMILES string of the molecule is Cc1ccnc2nc(C(=O)O[C@@H](C)C(=O)Nc3ccccc3C#N)nn12. The highest BCUT2D eigenvalue weighted by Crippen LogP contribution is 2.14. The number of fused-ring (bicyclic) bond motifs is 1. The van der Waals surface area contributed by atoms with E-state index in [-0.39, 0.29) is 11.6 Å². The van der Waals surface area contributed by atoms with E-state index in [1.165, 1.54) is 11.4 Å². The summed E-state index contributed by atoms with van der Waals surface area (Å²) >= 11 is 0. The fourth-order valence-corrected chi connectivity index (χ4v) is 2.18. The quantitative estimate of drug-likeness (QED) is 0.707. The zero-order chi connectivity index (χ0) is 18.7. The molecule has 0 spiro atoms. The molecule has 3 rings (SSSR count). The minimum atomic E-state index is -1.10. The van der Waals surface area contributed by atoms with E-state index in [0.717, 1.165) is 5.69 Å². The summed E-state index contributed by atoms with van der Waals surface area (Å²) < 4.78 is 6.52. The number of carbonyl (C=O) groups is 2. The van der Waals surface area contributed by atoms with Gasteiger partial charge in [-0.05, 0) is 32.0 Å². The summed E-state index contributed by atoms with van der Waals surface area (Å²) in [5.41, 5.74) is 1.40. The number of anilines is 1. The number of benzene rings is 1. The number of amides is 1. The molecule has 0 saturated heterocycles. The summed E-state index contributed by atoms with van der Waals surface area (Å²) in [6, 6.07) is 10.2. The maximum absolute atomic E-state index is 12.2. The molecular formula is C17H14N6O3. The molecule has 1 N–H and O–H groups in total. The van der Waals surface area contributed by atoms with E-state index in [1.807, 2.05) is 6.07 Å². The molecule has 9 nitrogen and oxygen atoms in total. The van der Waals surface area contributed by atoms with Crippen molar-refractivity contribution in [2.24, 2.45) is 0 Å². The number of hydrogen-bond acceptors (Lipinski definition) is 7. The lowest BCUT2D eigenvalue weighted by Crippen LogP contribution is -2.30. The lowest BCUT2D eigenvalue weighted by atomic mass is 10.2. The second-order valence-electron chi connectivity index (χ2n) is 5.43. The Hall–Kier alpha value is -3.80. The van der Waals surface area contributed by atoms with Gasteiger partial charge in [0.1, 0.15) is 6.07 Å². The van der Waals surface area contributed by atoms with Gasteiger partial charge in [0.15, 0.2) is 6.10 Å². The van der Waals surface area contributed by atoms with E-state index in [0.29, 0.717) is 11.3 Å². The number of para-hydroxylation sites is 1. The zero-order valence-corrected chi connectivity index (χ0v) is 14.0. The summed E-state index contributed by atoms with van der Waals surface area (Å²) in [6.45, 7) is 3.21. The summed E-state index contributed by atoms with van der Waals surface area (Å²) in [5, 5.41) is 15.6. The maximum atomic E-state index is 12.2. The normalized spacial score (nSPS) is 11.6. The van der Waals surface area contributed by atoms with Crippen molar-refractivity contribution in [3.63, 3.8) is 0 Å². The summed E-state index contributed by atoms with van der Waals surface area (Å²) in [4.78, 5) is 32.4. The van der Waals surface area contributed by atoms with Gasteiger partial charge in [0.05, 0.1) is 11.3 Å². The molecule has 0 bridgehead atoms. The van der Waals surface area contributed by atoms with Crippen molar-refractivity contribution in [1.29, 1.82) is 5.26 Å². The van der Waals surface area contributed by atoms with Crippen molar-refractivity contribution >= 4 is 23.3 Å². The number of nitrogens with zero attached hydrogens (tertiary/aromatic N) is 5. The monoisotopic (exact) mass is 350 g/mol. The number of aromatic nitrogens is 4. The van der Waals surface area contributed by atoms with Gasteiger partial charge in [0, 0.05) is 11.9 Å². The summed E-state index contributed by atoms with van der Waals surface area (Å²) in [7, 11) is 0. The second kappa shape index (κ2) is 6.98. The van der Waals surface area contributed by atoms with Crippen LogP contribution in [0, 0.1) is 18.3 Å². The minimum absolute atomic E-state index is 0.191. The molecule has 2 heterocycles. The standard InChI is InChI=1S/C17H14N6O3/c1-10-7-8-19-17-21-14(22-23(10)17)16(25)26-11(2)15(24)20-13-6-4-3-5-12(13)9-18/h3-8,11H,1-2H3,(H,20,24)/t11-/m0/s1. The molecule has 0 aliphatic carbocycles. The van der Waals surface area contributed by atoms with Crippen molar-refractivity contribution < 1.29 is 14.3 Å². The first kappa shape index (κ1) is 17.0. The van der Waals surface area contributed by atoms with Crippen molar-refractivity contribution in [1.82, 2.24) is 19.6 Å². The Morgan fingerprint density at radius 2 is 2.08 bits per heavy atom. The van der Waals surface area contributed by atoms with E-state index < -0.39 is 18.0 Å². The van der Waals surface area contributed by atoms with Crippen LogP contribution in [-0.4, -0.2) is 37.6 Å². The number of rotatable bonds is 4. The van der Waals surface area contributed by atoms with E-state index >= 15 is 0 Å². The summed E-state index contributed by atoms with van der Waals surface area (Å²) in [6.07, 6.45) is 0.451. The van der Waals surface area contributed by atoms with Crippen molar-refractivity contribution in [2.75, 3.05) is 5.32 Å². The van der Waals surface area contributed by atoms with Gasteiger partial charge in [-0.25, -0.2) is 14.3 Å². The Labute approximate surface area is 148 Å². The predicted octanol–water partition coefficient (Wildman–Crippen LogP) is 1.49. The zero-order valence-electron chi connectivity index (χ0n) is 14.0. The molecule has 0 aliphatic heterocycles. The average molecular weight is 350 g/mol. The first-order valence-electron chi connectivity index (χ1n) is 7.69. The third-order valence-corrected chi connectivity index (χ3v) is 3.57. The number of hydrogen-bond donors (Lipinski definition) is 1. The lowest BCUT2D eigenvalue weighted by molar-refractivity contribution is -0.123. The highest BCUT2D eigenvalue weighted by molar-refractivity contribution is 5.97. The van der Waals surface area contributed by atoms with Crippen LogP contribution in [0.2, 0.25) is 0 Å².